The molecule has 0 bridgehead atoms. The predicted molar refractivity (Wildman–Crippen MR) is 77.3 cm³/mol. The van der Waals surface area contributed by atoms with Crippen molar-refractivity contribution in [3.63, 3.8) is 0 Å². The number of hydrogen-bond donors (Lipinski definition) is 2. The molecular weight excluding hydrogens is 306 g/mol. The summed E-state index contributed by atoms with van der Waals surface area (Å²) in [5.74, 6) is -0.0320. The highest BCUT2D eigenvalue weighted by atomic mass is 19.3. The van der Waals surface area contributed by atoms with Gasteiger partial charge < -0.3 is 20.1 Å². The van der Waals surface area contributed by atoms with Gasteiger partial charge in [0.25, 0.3) is 0 Å². The molecule has 0 unspecified atom stereocenters. The molecule has 2 amide bonds. The van der Waals surface area contributed by atoms with Crippen molar-refractivity contribution in [3.8, 4) is 11.5 Å². The molecule has 1 aliphatic heterocycles. The minimum atomic E-state index is -3.65. The minimum absolute atomic E-state index is 0.0133. The van der Waals surface area contributed by atoms with Gasteiger partial charge in [-0.3, -0.25) is 0 Å². The SMILES string of the molecule is O=C(NCc1cccc2c1OC(F)(F)O2)NC1CC2(CCC2)C1. The van der Waals surface area contributed by atoms with Gasteiger partial charge in [0.2, 0.25) is 0 Å². The highest BCUT2D eigenvalue weighted by Crippen LogP contribution is 2.55. The Morgan fingerprint density at radius 2 is 2.04 bits per heavy atom. The average Bonchev–Trinajstić information content (AvgIpc) is 2.72. The molecule has 4 rings (SSSR count). The van der Waals surface area contributed by atoms with Crippen LogP contribution in [0.4, 0.5) is 13.6 Å². The number of carbonyl (C=O) groups is 1. The summed E-state index contributed by atoms with van der Waals surface area (Å²) < 4.78 is 35.1. The Morgan fingerprint density at radius 1 is 1.26 bits per heavy atom. The number of nitrogens with one attached hydrogen (secondary N) is 2. The first-order valence-electron chi connectivity index (χ1n) is 7.87. The van der Waals surface area contributed by atoms with E-state index in [9.17, 15) is 13.6 Å². The van der Waals surface area contributed by atoms with E-state index in [2.05, 4.69) is 20.1 Å². The summed E-state index contributed by atoms with van der Waals surface area (Å²) in [4.78, 5) is 11.9. The van der Waals surface area contributed by atoms with Gasteiger partial charge in [0.15, 0.2) is 11.5 Å². The Morgan fingerprint density at radius 3 is 2.74 bits per heavy atom. The second-order valence-corrected chi connectivity index (χ2v) is 6.70. The second-order valence-electron chi connectivity index (χ2n) is 6.70. The van der Waals surface area contributed by atoms with Crippen molar-refractivity contribution in [3.05, 3.63) is 23.8 Å². The number of para-hydroxylation sites is 1. The van der Waals surface area contributed by atoms with E-state index in [-0.39, 0.29) is 30.1 Å². The smallest absolute Gasteiger partial charge is 0.395 e. The molecule has 0 saturated heterocycles. The van der Waals surface area contributed by atoms with Gasteiger partial charge in [0.05, 0.1) is 0 Å². The zero-order valence-corrected chi connectivity index (χ0v) is 12.5. The Bertz CT molecular complexity index is 638. The standard InChI is InChI=1S/C16H18F2N2O3/c17-16(18)22-12-4-1-3-10(13(12)23-16)9-19-14(21)20-11-7-15(8-11)5-2-6-15/h1,3-4,11H,2,5-9H2,(H2,19,20,21). The molecule has 1 spiro atoms. The molecule has 2 N–H and O–H groups in total. The summed E-state index contributed by atoms with van der Waals surface area (Å²) in [7, 11) is 0. The fraction of sp³-hybridized carbons (Fsp3) is 0.562. The van der Waals surface area contributed by atoms with Gasteiger partial charge in [0.1, 0.15) is 0 Å². The van der Waals surface area contributed by atoms with Crippen LogP contribution in [0.2, 0.25) is 0 Å². The third kappa shape index (κ3) is 2.68. The van der Waals surface area contributed by atoms with Gasteiger partial charge in [-0.2, -0.15) is 0 Å². The number of halogens is 2. The number of benzene rings is 1. The van der Waals surface area contributed by atoms with E-state index in [0.29, 0.717) is 11.0 Å². The molecular formula is C16H18F2N2O3. The molecule has 1 aromatic rings. The first-order valence-corrected chi connectivity index (χ1v) is 7.87. The van der Waals surface area contributed by atoms with Gasteiger partial charge >= 0.3 is 12.3 Å². The minimum Gasteiger partial charge on any atom is -0.395 e. The topological polar surface area (TPSA) is 59.6 Å². The lowest BCUT2D eigenvalue weighted by Crippen LogP contribution is -2.55. The Kier molecular flexibility index (Phi) is 3.14. The van der Waals surface area contributed by atoms with Crippen LogP contribution in [-0.4, -0.2) is 18.4 Å². The van der Waals surface area contributed by atoms with E-state index < -0.39 is 6.29 Å². The maximum atomic E-state index is 13.1. The van der Waals surface area contributed by atoms with Crippen molar-refractivity contribution >= 4 is 6.03 Å². The molecule has 0 radical (unpaired) electrons. The van der Waals surface area contributed by atoms with E-state index in [1.54, 1.807) is 12.1 Å². The van der Waals surface area contributed by atoms with Crippen molar-refractivity contribution in [1.29, 1.82) is 0 Å². The van der Waals surface area contributed by atoms with Crippen LogP contribution in [0, 0.1) is 5.41 Å². The maximum absolute atomic E-state index is 13.1. The van der Waals surface area contributed by atoms with E-state index >= 15 is 0 Å². The van der Waals surface area contributed by atoms with Crippen LogP contribution in [0.3, 0.4) is 0 Å². The molecule has 0 aromatic heterocycles. The Labute approximate surface area is 132 Å². The number of alkyl halides is 2. The highest BCUT2D eigenvalue weighted by molar-refractivity contribution is 5.74. The van der Waals surface area contributed by atoms with Crippen LogP contribution in [-0.2, 0) is 6.54 Å². The molecule has 5 nitrogen and oxygen atoms in total. The molecule has 23 heavy (non-hydrogen) atoms. The average molecular weight is 324 g/mol. The lowest BCUT2D eigenvalue weighted by Gasteiger charge is -2.54. The van der Waals surface area contributed by atoms with Crippen molar-refractivity contribution in [2.75, 3.05) is 0 Å². The number of fused-ring (bicyclic) bond motifs is 1. The Balaban J connectivity index is 1.30. The van der Waals surface area contributed by atoms with E-state index in [0.717, 1.165) is 12.8 Å². The normalized spacial score (nSPS) is 23.0. The van der Waals surface area contributed by atoms with Gasteiger partial charge in [-0.25, -0.2) is 4.79 Å². The van der Waals surface area contributed by atoms with Crippen LogP contribution < -0.4 is 20.1 Å². The molecule has 7 heteroatoms. The lowest BCUT2D eigenvalue weighted by atomic mass is 9.54. The quantitative estimate of drug-likeness (QED) is 0.898. The van der Waals surface area contributed by atoms with Crippen LogP contribution in [0.1, 0.15) is 37.7 Å². The van der Waals surface area contributed by atoms with Crippen molar-refractivity contribution in [2.45, 2.75) is 51.0 Å². The fourth-order valence-corrected chi connectivity index (χ4v) is 3.75. The molecule has 1 aromatic carbocycles. The lowest BCUT2D eigenvalue weighted by molar-refractivity contribution is -0.286. The predicted octanol–water partition coefficient (Wildman–Crippen LogP) is 3.14. The van der Waals surface area contributed by atoms with Crippen LogP contribution in [0.15, 0.2) is 18.2 Å². The van der Waals surface area contributed by atoms with Gasteiger partial charge in [-0.15, -0.1) is 8.78 Å². The highest BCUT2D eigenvalue weighted by Gasteiger charge is 2.48. The largest absolute Gasteiger partial charge is 0.586 e. The summed E-state index contributed by atoms with van der Waals surface area (Å²) in [5.41, 5.74) is 0.952. The molecule has 124 valence electrons. The maximum Gasteiger partial charge on any atom is 0.586 e. The monoisotopic (exact) mass is 324 g/mol. The van der Waals surface area contributed by atoms with Gasteiger partial charge in [0, 0.05) is 18.2 Å². The molecule has 0 atom stereocenters. The van der Waals surface area contributed by atoms with Crippen LogP contribution in [0.25, 0.3) is 0 Å². The van der Waals surface area contributed by atoms with Gasteiger partial charge in [-0.1, -0.05) is 18.6 Å². The van der Waals surface area contributed by atoms with Crippen LogP contribution in [0.5, 0.6) is 11.5 Å². The van der Waals surface area contributed by atoms with Gasteiger partial charge in [-0.05, 0) is 37.2 Å². The summed E-state index contributed by atoms with van der Waals surface area (Å²) in [5, 5.41) is 5.61. The summed E-state index contributed by atoms with van der Waals surface area (Å²) in [6, 6.07) is 4.56. The van der Waals surface area contributed by atoms with E-state index in [1.165, 1.54) is 25.3 Å². The number of amides is 2. The first-order chi connectivity index (χ1) is 10.9. The van der Waals surface area contributed by atoms with E-state index in [1.807, 2.05) is 0 Å². The number of rotatable bonds is 3. The second kappa shape index (κ2) is 4.97. The molecule has 2 saturated carbocycles. The van der Waals surface area contributed by atoms with Crippen LogP contribution >= 0.6 is 0 Å². The molecule has 1 heterocycles. The molecule has 2 fully saturated rings. The Hall–Kier alpha value is -2.05. The van der Waals surface area contributed by atoms with Crippen molar-refractivity contribution in [1.82, 2.24) is 10.6 Å². The summed E-state index contributed by atoms with van der Waals surface area (Å²) >= 11 is 0. The number of ether oxygens (including phenoxy) is 2. The van der Waals surface area contributed by atoms with Crippen molar-refractivity contribution < 1.29 is 23.0 Å². The summed E-state index contributed by atoms with van der Waals surface area (Å²) in [6.07, 6.45) is 2.28. The number of carbonyl (C=O) groups excluding carboxylic acids is 1. The number of urea groups is 1. The number of hydrogen-bond acceptors (Lipinski definition) is 3. The van der Waals surface area contributed by atoms with Crippen molar-refractivity contribution in [2.24, 2.45) is 5.41 Å². The zero-order valence-electron chi connectivity index (χ0n) is 12.5. The summed E-state index contributed by atoms with van der Waals surface area (Å²) in [6.45, 7) is 0.103. The third-order valence-corrected chi connectivity index (χ3v) is 5.06. The fourth-order valence-electron chi connectivity index (χ4n) is 3.75. The zero-order chi connectivity index (χ0) is 16.1. The molecule has 2 aliphatic carbocycles. The molecule has 3 aliphatic rings. The third-order valence-electron chi connectivity index (χ3n) is 5.06. The van der Waals surface area contributed by atoms with E-state index in [4.69, 9.17) is 0 Å². The first kappa shape index (κ1) is 14.5.